The predicted molar refractivity (Wildman–Crippen MR) is 116 cm³/mol. The van der Waals surface area contributed by atoms with Gasteiger partial charge in [0.25, 0.3) is 10.0 Å². The Morgan fingerprint density at radius 2 is 0.800 bits per heavy atom. The Bertz CT molecular complexity index is 1340. The van der Waals surface area contributed by atoms with Gasteiger partial charge in [-0.05, 0) is 0 Å². The van der Waals surface area contributed by atoms with Crippen LogP contribution in [-0.2, 0) is 14.8 Å². The van der Waals surface area contributed by atoms with Gasteiger partial charge in [-0.2, -0.15) is 105 Å². The van der Waals surface area contributed by atoms with E-state index >= 15 is 0 Å². The first kappa shape index (κ1) is 47.7. The van der Waals surface area contributed by atoms with Gasteiger partial charge in [-0.1, -0.05) is 0 Å². The highest BCUT2D eigenvalue weighted by molar-refractivity contribution is 7.90. The lowest BCUT2D eigenvalue weighted by Crippen LogP contribution is -2.78. The van der Waals surface area contributed by atoms with E-state index in [0.29, 0.717) is 0 Å². The molecule has 0 aliphatic heterocycles. The van der Waals surface area contributed by atoms with E-state index in [-0.39, 0.29) is 11.0 Å². The van der Waals surface area contributed by atoms with Crippen LogP contribution >= 0.6 is 0 Å². The highest BCUT2D eigenvalue weighted by Crippen LogP contribution is 2.67. The Morgan fingerprint density at radius 1 is 0.520 bits per heavy atom. The monoisotopic (exact) mass is 821 g/mol. The molecule has 300 valence electrons. The van der Waals surface area contributed by atoms with Crippen LogP contribution < -0.4 is 0 Å². The van der Waals surface area contributed by atoms with E-state index < -0.39 is 111 Å². The molecule has 0 rings (SSSR count). The molecule has 0 fully saturated rings. The van der Waals surface area contributed by atoms with E-state index in [2.05, 4.69) is 0 Å². The smallest absolute Gasteiger partial charge is 0.460 e. The van der Waals surface area contributed by atoms with Crippen molar-refractivity contribution in [1.82, 2.24) is 4.31 Å². The Hall–Kier alpha value is -2.27. The summed E-state index contributed by atoms with van der Waals surface area (Å²) in [6, 6.07) is 0. The zero-order valence-electron chi connectivity index (χ0n) is 24.2. The van der Waals surface area contributed by atoms with Crippen molar-refractivity contribution >= 4 is 16.0 Å². The summed E-state index contributed by atoms with van der Waals surface area (Å²) in [6.07, 6.45) is -10.7. The number of halogens is 23. The quantitative estimate of drug-likeness (QED) is 0.119. The lowest BCUT2D eigenvalue weighted by atomic mass is 9.86. The number of hydrogen-bond donors (Lipinski definition) is 1. The van der Waals surface area contributed by atoms with Crippen LogP contribution in [0.15, 0.2) is 0 Å². The standard InChI is InChI=1S/C20H19F23N2O4S/c1-45(2,3)8-4-6-44(7-5-9(46)47)50(48,49)20(42,43)18(37,38)16(33,34)14(29,30)12(25,26)10(21,22)11(23,24)13(27,28)15(31,32)17(35,36)19(39,40)41/h4-8H2,1-3H3/p+1. The zero-order valence-corrected chi connectivity index (χ0v) is 25.0. The summed E-state index contributed by atoms with van der Waals surface area (Å²) in [5.41, 5.74) is 0. The van der Waals surface area contributed by atoms with Gasteiger partial charge in [0.05, 0.1) is 34.1 Å². The van der Waals surface area contributed by atoms with Crippen molar-refractivity contribution in [2.45, 2.75) is 77.6 Å². The fourth-order valence-electron chi connectivity index (χ4n) is 3.36. The minimum absolute atomic E-state index is 0.254. The second-order valence-electron chi connectivity index (χ2n) is 11.1. The summed E-state index contributed by atoms with van der Waals surface area (Å²) in [5.74, 6) is -85.6. The van der Waals surface area contributed by atoms with Crippen molar-refractivity contribution in [3.63, 3.8) is 0 Å². The number of carbonyl (C=O) groups is 1. The van der Waals surface area contributed by atoms with Crippen molar-refractivity contribution < 1.29 is 124 Å². The fraction of sp³-hybridized carbons (Fsp3) is 0.950. The van der Waals surface area contributed by atoms with Crippen LogP contribution in [0.4, 0.5) is 101 Å². The first-order chi connectivity index (χ1) is 21.3. The van der Waals surface area contributed by atoms with E-state index in [1.165, 1.54) is 21.1 Å². The maximum absolute atomic E-state index is 14.6. The Kier molecular flexibility index (Phi) is 12.4. The van der Waals surface area contributed by atoms with Gasteiger partial charge < -0.3 is 9.59 Å². The third-order valence-electron chi connectivity index (χ3n) is 6.35. The van der Waals surface area contributed by atoms with Gasteiger partial charge in [0, 0.05) is 19.5 Å². The molecule has 0 aliphatic carbocycles. The number of carboxylic acid groups (broad SMARTS) is 1. The first-order valence-corrected chi connectivity index (χ1v) is 13.6. The van der Waals surface area contributed by atoms with E-state index in [1.807, 2.05) is 0 Å². The lowest BCUT2D eigenvalue weighted by molar-refractivity contribution is -0.870. The van der Waals surface area contributed by atoms with Crippen molar-refractivity contribution in [2.24, 2.45) is 0 Å². The number of alkyl halides is 23. The topological polar surface area (TPSA) is 74.7 Å². The third kappa shape index (κ3) is 6.95. The van der Waals surface area contributed by atoms with E-state index in [0.717, 1.165) is 0 Å². The van der Waals surface area contributed by atoms with E-state index in [9.17, 15) is 114 Å². The molecular formula is C20H20F23N2O4S+. The molecule has 1 N–H and O–H groups in total. The number of sulfonamides is 1. The van der Waals surface area contributed by atoms with Crippen LogP contribution in [0.5, 0.6) is 0 Å². The molecule has 30 heteroatoms. The number of carboxylic acids is 1. The molecule has 50 heavy (non-hydrogen) atoms. The Labute approximate surface area is 263 Å². The summed E-state index contributed by atoms with van der Waals surface area (Å²) in [4.78, 5) is 10.7. The van der Waals surface area contributed by atoms with Crippen LogP contribution in [0.1, 0.15) is 12.8 Å². The number of rotatable bonds is 18. The van der Waals surface area contributed by atoms with Crippen LogP contribution in [-0.4, -0.2) is 134 Å². The summed E-state index contributed by atoms with van der Waals surface area (Å²) in [6.45, 7) is -3.93. The maximum Gasteiger partial charge on any atom is 0.460 e. The van der Waals surface area contributed by atoms with Gasteiger partial charge in [0.1, 0.15) is 0 Å². The Balaban J connectivity index is 7.40. The molecule has 0 radical (unpaired) electrons. The van der Waals surface area contributed by atoms with Gasteiger partial charge in [0.2, 0.25) is 0 Å². The van der Waals surface area contributed by atoms with Gasteiger partial charge in [-0.25, -0.2) is 8.42 Å². The number of aliphatic carboxylic acids is 1. The molecule has 6 nitrogen and oxygen atoms in total. The Morgan fingerprint density at radius 3 is 1.06 bits per heavy atom. The van der Waals surface area contributed by atoms with Crippen LogP contribution in [0, 0.1) is 0 Å². The average molecular weight is 821 g/mol. The number of quaternary nitrogens is 1. The second-order valence-corrected chi connectivity index (χ2v) is 13.1. The molecule has 0 aromatic carbocycles. The largest absolute Gasteiger partial charge is 0.481 e. The highest BCUT2D eigenvalue weighted by Gasteiger charge is 2.99. The summed E-state index contributed by atoms with van der Waals surface area (Å²) >= 11 is 0. The van der Waals surface area contributed by atoms with Crippen LogP contribution in [0.3, 0.4) is 0 Å². The van der Waals surface area contributed by atoms with Crippen LogP contribution in [0.2, 0.25) is 0 Å². The van der Waals surface area contributed by atoms with Gasteiger partial charge >= 0.3 is 70.7 Å². The molecule has 0 saturated heterocycles. The van der Waals surface area contributed by atoms with Gasteiger partial charge in [-0.3, -0.25) is 4.79 Å². The highest BCUT2D eigenvalue weighted by atomic mass is 32.2. The van der Waals surface area contributed by atoms with E-state index in [4.69, 9.17) is 5.11 Å². The third-order valence-corrected chi connectivity index (χ3v) is 8.30. The number of hydrogen-bond acceptors (Lipinski definition) is 3. The van der Waals surface area contributed by atoms with Crippen molar-refractivity contribution in [3.8, 4) is 0 Å². The lowest BCUT2D eigenvalue weighted by Gasteiger charge is -2.45. The molecule has 0 saturated carbocycles. The molecule has 0 spiro atoms. The summed E-state index contributed by atoms with van der Waals surface area (Å²) in [7, 11) is -3.99. The molecule has 0 aliphatic rings. The summed E-state index contributed by atoms with van der Waals surface area (Å²) < 4.78 is 337. The first-order valence-electron chi connectivity index (χ1n) is 12.1. The minimum Gasteiger partial charge on any atom is -0.481 e. The molecule has 0 aromatic heterocycles. The van der Waals surface area contributed by atoms with Crippen molar-refractivity contribution in [1.29, 1.82) is 0 Å². The second kappa shape index (κ2) is 13.0. The summed E-state index contributed by atoms with van der Waals surface area (Å²) in [5, 5.41) is 0.586. The molecule has 0 bridgehead atoms. The van der Waals surface area contributed by atoms with Gasteiger partial charge in [-0.15, -0.1) is 0 Å². The predicted octanol–water partition coefficient (Wildman–Crippen LogP) is 7.06. The van der Waals surface area contributed by atoms with Crippen LogP contribution in [0.25, 0.3) is 0 Å². The zero-order chi connectivity index (χ0) is 41.2. The van der Waals surface area contributed by atoms with Crippen molar-refractivity contribution in [2.75, 3.05) is 40.8 Å². The molecule has 0 amide bonds. The normalized spacial score (nSPS) is 16.3. The van der Waals surface area contributed by atoms with E-state index in [1.54, 1.807) is 0 Å². The minimum atomic E-state index is -9.62. The average Bonchev–Trinajstić information content (AvgIpc) is 2.87. The molecule has 0 heterocycles. The maximum atomic E-state index is 14.6. The molecule has 0 unspecified atom stereocenters. The number of nitrogens with zero attached hydrogens (tertiary/aromatic N) is 2. The SMILES string of the molecule is C[N+](C)(C)CCCN(CCC(=O)O)S(=O)(=O)C(F)(F)C(F)(F)C(F)(F)C(F)(F)C(F)(F)C(F)(F)C(F)(F)C(F)(F)C(F)(F)C(F)(F)C(F)(F)F. The van der Waals surface area contributed by atoms with Gasteiger partial charge in [0.15, 0.2) is 0 Å². The molecular weight excluding hydrogens is 801 g/mol. The molecule has 0 atom stereocenters. The molecule has 0 aromatic rings. The van der Waals surface area contributed by atoms with Crippen molar-refractivity contribution in [3.05, 3.63) is 0 Å². The fourth-order valence-corrected chi connectivity index (χ4v) is 4.84.